The summed E-state index contributed by atoms with van der Waals surface area (Å²) in [4.78, 5) is 15.7. The molecule has 0 radical (unpaired) electrons. The number of hydrogen-bond donors (Lipinski definition) is 0. The Balaban J connectivity index is 1.70. The van der Waals surface area contributed by atoms with Gasteiger partial charge < -0.3 is 14.2 Å². The molecule has 23 heavy (non-hydrogen) atoms. The van der Waals surface area contributed by atoms with Crippen LogP contribution in [0, 0.1) is 0 Å². The van der Waals surface area contributed by atoms with Crippen LogP contribution in [0.2, 0.25) is 0 Å². The van der Waals surface area contributed by atoms with Gasteiger partial charge in [-0.2, -0.15) is 0 Å². The number of rotatable bonds is 2. The van der Waals surface area contributed by atoms with Gasteiger partial charge in [0.15, 0.2) is 0 Å². The predicted molar refractivity (Wildman–Crippen MR) is 85.5 cm³/mol. The van der Waals surface area contributed by atoms with E-state index in [4.69, 9.17) is 19.2 Å². The summed E-state index contributed by atoms with van der Waals surface area (Å²) in [7, 11) is 0. The van der Waals surface area contributed by atoms with Gasteiger partial charge in [-0.25, -0.2) is 0 Å². The molecule has 0 saturated carbocycles. The second kappa shape index (κ2) is 4.81. The molecule has 0 amide bonds. The zero-order valence-electron chi connectivity index (χ0n) is 13.9. The Bertz CT molecular complexity index is 722. The molecule has 1 aromatic rings. The molecule has 3 aliphatic rings. The zero-order valence-corrected chi connectivity index (χ0v) is 13.9. The van der Waals surface area contributed by atoms with Gasteiger partial charge in [-0.05, 0) is 43.9 Å². The van der Waals surface area contributed by atoms with Crippen LogP contribution in [0.5, 0.6) is 5.75 Å². The molecule has 3 aliphatic heterocycles. The zero-order chi connectivity index (χ0) is 16.4. The van der Waals surface area contributed by atoms with Crippen molar-refractivity contribution < 1.29 is 19.0 Å². The fourth-order valence-corrected chi connectivity index (χ4v) is 3.58. The minimum Gasteiger partial charge on any atom is -0.485 e. The number of benzene rings is 1. The predicted octanol–water partition coefficient (Wildman–Crippen LogP) is 3.44. The van der Waals surface area contributed by atoms with Crippen LogP contribution >= 0.6 is 0 Å². The van der Waals surface area contributed by atoms with Gasteiger partial charge in [0.2, 0.25) is 0 Å². The quantitative estimate of drug-likeness (QED) is 0.619. The van der Waals surface area contributed by atoms with Crippen molar-refractivity contribution in [1.29, 1.82) is 0 Å². The summed E-state index contributed by atoms with van der Waals surface area (Å²) in [5, 5.41) is 0. The normalized spacial score (nSPS) is 29.4. The summed E-state index contributed by atoms with van der Waals surface area (Å²) in [5.41, 5.74) is 3.84. The smallest absolute Gasteiger partial charge is 0.303 e. The first kappa shape index (κ1) is 14.7. The molecule has 0 N–H and O–H groups in total. The maximum atomic E-state index is 11.0. The highest BCUT2D eigenvalue weighted by Gasteiger charge is 2.56. The van der Waals surface area contributed by atoms with Crippen molar-refractivity contribution in [3.05, 3.63) is 23.3 Å². The third-order valence-corrected chi connectivity index (χ3v) is 4.81. The lowest BCUT2D eigenvalue weighted by atomic mass is 9.87. The Kier molecular flexibility index (Phi) is 3.07. The van der Waals surface area contributed by atoms with Crippen LogP contribution in [0.1, 0.15) is 57.3 Å². The van der Waals surface area contributed by atoms with Crippen molar-refractivity contribution in [2.45, 2.75) is 57.8 Å². The first-order chi connectivity index (χ1) is 10.8. The minimum absolute atomic E-state index is 0.114. The summed E-state index contributed by atoms with van der Waals surface area (Å²) < 4.78 is 17.0. The average molecular weight is 315 g/mol. The molecule has 3 atom stereocenters. The van der Waals surface area contributed by atoms with Gasteiger partial charge in [0.1, 0.15) is 30.2 Å². The molecule has 0 spiro atoms. The molecule has 1 unspecified atom stereocenters. The number of ether oxygens (including phenoxy) is 3. The third-order valence-electron chi connectivity index (χ3n) is 4.81. The lowest BCUT2D eigenvalue weighted by Crippen LogP contribution is -2.37. The van der Waals surface area contributed by atoms with E-state index >= 15 is 0 Å². The maximum absolute atomic E-state index is 11.0. The van der Waals surface area contributed by atoms with Crippen molar-refractivity contribution >= 4 is 17.4 Å². The van der Waals surface area contributed by atoms with Crippen molar-refractivity contribution in [3.63, 3.8) is 0 Å². The van der Waals surface area contributed by atoms with Crippen molar-refractivity contribution in [2.75, 3.05) is 6.61 Å². The van der Waals surface area contributed by atoms with E-state index in [1.807, 2.05) is 0 Å². The first-order valence-corrected chi connectivity index (χ1v) is 8.07. The number of esters is 1. The molecule has 5 heteroatoms. The standard InChI is InChI=1S/C18H21NO4/c1-9-5-11(8-21-10(2)20)19-14-6-13-15(7-12(9)14)23-18(3,4)17-16(13)22-17/h6-7,9,16-17H,5,8H2,1-4H3/t9?,16-,17-/m1/s1. The van der Waals surface area contributed by atoms with E-state index in [0.29, 0.717) is 5.92 Å². The van der Waals surface area contributed by atoms with E-state index in [0.717, 1.165) is 29.1 Å². The Morgan fingerprint density at radius 2 is 2.17 bits per heavy atom. The number of epoxide rings is 1. The van der Waals surface area contributed by atoms with E-state index < -0.39 is 0 Å². The van der Waals surface area contributed by atoms with Crippen molar-refractivity contribution in [2.24, 2.45) is 4.99 Å². The SMILES string of the molecule is CC(=O)OCC1=Nc2cc3c(cc2C(C)C1)OC(C)(C)[C@@H]1O[C@H]31. The van der Waals surface area contributed by atoms with E-state index in [2.05, 4.69) is 32.9 Å². The Morgan fingerprint density at radius 3 is 2.91 bits per heavy atom. The monoisotopic (exact) mass is 315 g/mol. The van der Waals surface area contributed by atoms with Gasteiger partial charge in [0.25, 0.3) is 0 Å². The van der Waals surface area contributed by atoms with Crippen LogP contribution in [-0.2, 0) is 14.3 Å². The van der Waals surface area contributed by atoms with Gasteiger partial charge in [0.05, 0.1) is 11.4 Å². The lowest BCUT2D eigenvalue weighted by molar-refractivity contribution is -0.139. The highest BCUT2D eigenvalue weighted by Crippen LogP contribution is 2.55. The van der Waals surface area contributed by atoms with E-state index in [1.165, 1.54) is 12.5 Å². The van der Waals surface area contributed by atoms with Crippen molar-refractivity contribution in [3.8, 4) is 5.75 Å². The van der Waals surface area contributed by atoms with Gasteiger partial charge in [-0.15, -0.1) is 0 Å². The summed E-state index contributed by atoms with van der Waals surface area (Å²) in [6.07, 6.45) is 1.03. The number of fused-ring (bicyclic) bond motifs is 4. The second-order valence-corrected chi connectivity index (χ2v) is 7.20. The fourth-order valence-electron chi connectivity index (χ4n) is 3.58. The molecule has 0 bridgehead atoms. The highest BCUT2D eigenvalue weighted by atomic mass is 16.6. The molecule has 4 rings (SSSR count). The van der Waals surface area contributed by atoms with Crippen molar-refractivity contribution in [1.82, 2.24) is 0 Å². The average Bonchev–Trinajstić information content (AvgIpc) is 3.26. The van der Waals surface area contributed by atoms with Gasteiger partial charge in [0, 0.05) is 12.5 Å². The van der Waals surface area contributed by atoms with E-state index in [9.17, 15) is 4.79 Å². The molecular weight excluding hydrogens is 294 g/mol. The topological polar surface area (TPSA) is 60.4 Å². The maximum Gasteiger partial charge on any atom is 0.303 e. The van der Waals surface area contributed by atoms with Crippen LogP contribution in [0.3, 0.4) is 0 Å². The Labute approximate surface area is 135 Å². The minimum atomic E-state index is -0.284. The number of aliphatic imine (C=N–C) groups is 1. The number of nitrogens with zero attached hydrogens (tertiary/aromatic N) is 1. The number of hydrogen-bond acceptors (Lipinski definition) is 5. The summed E-state index contributed by atoms with van der Waals surface area (Å²) in [5.74, 6) is 0.961. The molecule has 5 nitrogen and oxygen atoms in total. The lowest BCUT2D eigenvalue weighted by Gasteiger charge is -2.31. The molecule has 0 aromatic heterocycles. The summed E-state index contributed by atoms with van der Waals surface area (Å²) in [6, 6.07) is 4.19. The van der Waals surface area contributed by atoms with Gasteiger partial charge >= 0.3 is 5.97 Å². The molecule has 1 aromatic carbocycles. The fraction of sp³-hybridized carbons (Fsp3) is 0.556. The Morgan fingerprint density at radius 1 is 1.39 bits per heavy atom. The highest BCUT2D eigenvalue weighted by molar-refractivity contribution is 5.92. The van der Waals surface area contributed by atoms with Crippen LogP contribution < -0.4 is 4.74 Å². The number of carbonyl (C=O) groups is 1. The van der Waals surface area contributed by atoms with E-state index in [-0.39, 0.29) is 30.4 Å². The van der Waals surface area contributed by atoms with Gasteiger partial charge in [-0.1, -0.05) is 6.92 Å². The molecule has 1 fully saturated rings. The van der Waals surface area contributed by atoms with Crippen LogP contribution in [0.4, 0.5) is 5.69 Å². The molecule has 122 valence electrons. The summed E-state index contributed by atoms with van der Waals surface area (Å²) >= 11 is 0. The first-order valence-electron chi connectivity index (χ1n) is 8.07. The summed E-state index contributed by atoms with van der Waals surface area (Å²) in [6.45, 7) is 7.98. The van der Waals surface area contributed by atoms with Crippen LogP contribution in [0.25, 0.3) is 0 Å². The van der Waals surface area contributed by atoms with Crippen LogP contribution in [-0.4, -0.2) is 30.0 Å². The third kappa shape index (κ3) is 2.43. The molecular formula is C18H21NO4. The number of carbonyl (C=O) groups excluding carboxylic acids is 1. The van der Waals surface area contributed by atoms with E-state index in [1.54, 1.807) is 0 Å². The largest absolute Gasteiger partial charge is 0.485 e. The van der Waals surface area contributed by atoms with Crippen LogP contribution in [0.15, 0.2) is 17.1 Å². The van der Waals surface area contributed by atoms with Gasteiger partial charge in [-0.3, -0.25) is 9.79 Å². The second-order valence-electron chi connectivity index (χ2n) is 7.20. The Hall–Kier alpha value is -1.88. The molecule has 1 saturated heterocycles. The molecule has 0 aliphatic carbocycles. The molecule has 3 heterocycles.